The predicted octanol–water partition coefficient (Wildman–Crippen LogP) is 4.33. The van der Waals surface area contributed by atoms with Crippen LogP contribution in [0.1, 0.15) is 29.3 Å². The monoisotopic (exact) mass is 338 g/mol. The zero-order valence-corrected chi connectivity index (χ0v) is 14.0. The van der Waals surface area contributed by atoms with Crippen LogP contribution in [-0.2, 0) is 11.2 Å². The maximum absolute atomic E-state index is 12.1. The molecule has 0 fully saturated rings. The summed E-state index contributed by atoms with van der Waals surface area (Å²) in [6, 6.07) is 12.6. The number of benzene rings is 2. The molecule has 2 aromatic carbocycles. The molecule has 0 aliphatic carbocycles. The topological polar surface area (TPSA) is 76.7 Å². The van der Waals surface area contributed by atoms with Gasteiger partial charge in [-0.1, -0.05) is 37.3 Å². The van der Waals surface area contributed by atoms with Crippen molar-refractivity contribution in [3.05, 3.63) is 53.6 Å². The summed E-state index contributed by atoms with van der Waals surface area (Å²) in [6.07, 6.45) is 0.149. The Morgan fingerprint density at radius 3 is 2.48 bits per heavy atom. The number of aliphatic carboxylic acids is 1. The van der Waals surface area contributed by atoms with Crippen LogP contribution in [0.25, 0.3) is 22.3 Å². The van der Waals surface area contributed by atoms with E-state index in [-0.39, 0.29) is 12.2 Å². The van der Waals surface area contributed by atoms with Gasteiger partial charge in [-0.2, -0.15) is 0 Å². The van der Waals surface area contributed by atoms with Crippen molar-refractivity contribution in [2.75, 3.05) is 7.11 Å². The van der Waals surface area contributed by atoms with Gasteiger partial charge < -0.3 is 14.3 Å². The molecule has 5 nitrogen and oxygen atoms in total. The van der Waals surface area contributed by atoms with Gasteiger partial charge in [0.2, 0.25) is 0 Å². The van der Waals surface area contributed by atoms with Crippen molar-refractivity contribution in [1.29, 1.82) is 0 Å². The number of ether oxygens (including phenoxy) is 1. The van der Waals surface area contributed by atoms with Gasteiger partial charge in [-0.05, 0) is 12.1 Å². The van der Waals surface area contributed by atoms with Crippen LogP contribution in [0.3, 0.4) is 0 Å². The number of Topliss-reactive ketones (excluding diaryl/α,β-unsaturated/α-hetero) is 1. The maximum atomic E-state index is 12.1. The van der Waals surface area contributed by atoms with Gasteiger partial charge in [0.25, 0.3) is 0 Å². The number of carboxylic acids is 1. The van der Waals surface area contributed by atoms with Crippen molar-refractivity contribution in [3.8, 4) is 17.1 Å². The third-order valence-electron chi connectivity index (χ3n) is 4.09. The molecule has 0 aliphatic rings. The first kappa shape index (κ1) is 16.8. The van der Waals surface area contributed by atoms with Gasteiger partial charge in [-0.15, -0.1) is 0 Å². The second-order valence-electron chi connectivity index (χ2n) is 5.68. The fourth-order valence-corrected chi connectivity index (χ4v) is 2.88. The summed E-state index contributed by atoms with van der Waals surface area (Å²) in [5, 5.41) is 9.92. The Balaban J connectivity index is 2.33. The number of fused-ring (bicyclic) bond motifs is 1. The van der Waals surface area contributed by atoms with Crippen molar-refractivity contribution in [2.24, 2.45) is 0 Å². The number of carbonyl (C=O) groups excluding carboxylic acids is 1. The fraction of sp³-hybridized carbons (Fsp3) is 0.200. The second kappa shape index (κ2) is 6.81. The average Bonchev–Trinajstić information content (AvgIpc) is 2.99. The minimum atomic E-state index is -0.967. The minimum absolute atomic E-state index is 0.0380. The second-order valence-corrected chi connectivity index (χ2v) is 5.68. The van der Waals surface area contributed by atoms with Gasteiger partial charge >= 0.3 is 5.97 Å². The van der Waals surface area contributed by atoms with Crippen molar-refractivity contribution < 1.29 is 23.8 Å². The molecule has 128 valence electrons. The number of furan rings is 1. The highest BCUT2D eigenvalue weighted by molar-refractivity contribution is 6.03. The van der Waals surface area contributed by atoms with E-state index in [4.69, 9.17) is 9.15 Å². The summed E-state index contributed by atoms with van der Waals surface area (Å²) in [6.45, 7) is 1.78. The summed E-state index contributed by atoms with van der Waals surface area (Å²) >= 11 is 0. The number of carbonyl (C=O) groups is 2. The van der Waals surface area contributed by atoms with E-state index in [0.717, 1.165) is 5.56 Å². The molecule has 0 aliphatic heterocycles. The number of methoxy groups -OCH3 is 1. The molecule has 0 saturated heterocycles. The summed E-state index contributed by atoms with van der Waals surface area (Å²) in [4.78, 5) is 23.5. The standard InChI is InChI=1S/C20H18O5/c1-3-16(21)13-9-14-15(11-18(22)23)19(12-7-5-4-6-8-12)25-20(14)17(10-13)24-2/h4-10H,3,11H2,1-2H3,(H,22,23). The molecule has 5 heteroatoms. The smallest absolute Gasteiger partial charge is 0.307 e. The number of hydrogen-bond acceptors (Lipinski definition) is 4. The molecule has 1 aromatic heterocycles. The number of hydrogen-bond donors (Lipinski definition) is 1. The predicted molar refractivity (Wildman–Crippen MR) is 94.2 cm³/mol. The van der Waals surface area contributed by atoms with Crippen LogP contribution >= 0.6 is 0 Å². The molecule has 25 heavy (non-hydrogen) atoms. The Kier molecular flexibility index (Phi) is 4.57. The highest BCUT2D eigenvalue weighted by atomic mass is 16.5. The molecular formula is C20H18O5. The van der Waals surface area contributed by atoms with Crippen LogP contribution in [0.5, 0.6) is 5.75 Å². The van der Waals surface area contributed by atoms with E-state index in [1.165, 1.54) is 7.11 Å². The summed E-state index contributed by atoms with van der Waals surface area (Å²) in [5.41, 5.74) is 2.25. The van der Waals surface area contributed by atoms with E-state index in [0.29, 0.717) is 40.0 Å². The molecule has 3 aromatic rings. The van der Waals surface area contributed by atoms with Crippen LogP contribution in [0.4, 0.5) is 0 Å². The van der Waals surface area contributed by atoms with Crippen LogP contribution in [0.2, 0.25) is 0 Å². The zero-order valence-electron chi connectivity index (χ0n) is 14.0. The lowest BCUT2D eigenvalue weighted by atomic mass is 9.99. The number of ketones is 1. The lowest BCUT2D eigenvalue weighted by Gasteiger charge is -2.05. The summed E-state index contributed by atoms with van der Waals surface area (Å²) in [7, 11) is 1.50. The maximum Gasteiger partial charge on any atom is 0.307 e. The van der Waals surface area contributed by atoms with Gasteiger partial charge in [0, 0.05) is 28.5 Å². The molecule has 0 unspecified atom stereocenters. The van der Waals surface area contributed by atoms with Crippen molar-refractivity contribution >= 4 is 22.7 Å². The van der Waals surface area contributed by atoms with E-state index < -0.39 is 5.97 Å². The third-order valence-corrected chi connectivity index (χ3v) is 4.09. The molecule has 1 N–H and O–H groups in total. The lowest BCUT2D eigenvalue weighted by Crippen LogP contribution is -2.02. The molecule has 0 saturated carbocycles. The van der Waals surface area contributed by atoms with E-state index in [1.54, 1.807) is 19.1 Å². The molecule has 3 rings (SSSR count). The fourth-order valence-electron chi connectivity index (χ4n) is 2.88. The Morgan fingerprint density at radius 2 is 1.88 bits per heavy atom. The number of rotatable bonds is 6. The highest BCUT2D eigenvalue weighted by Crippen LogP contribution is 2.39. The largest absolute Gasteiger partial charge is 0.493 e. The quantitative estimate of drug-likeness (QED) is 0.677. The molecule has 0 amide bonds. The van der Waals surface area contributed by atoms with Gasteiger partial charge in [0.1, 0.15) is 5.76 Å². The first-order chi connectivity index (χ1) is 12.0. The normalized spacial score (nSPS) is 10.8. The van der Waals surface area contributed by atoms with E-state index in [1.807, 2.05) is 30.3 Å². The SMILES string of the molecule is CCC(=O)c1cc(OC)c2oc(-c3ccccc3)c(CC(=O)O)c2c1. The van der Waals surface area contributed by atoms with Crippen molar-refractivity contribution in [2.45, 2.75) is 19.8 Å². The van der Waals surface area contributed by atoms with Gasteiger partial charge in [-0.3, -0.25) is 9.59 Å². The molecule has 0 spiro atoms. The van der Waals surface area contributed by atoms with Crippen molar-refractivity contribution in [3.63, 3.8) is 0 Å². The van der Waals surface area contributed by atoms with E-state index in [2.05, 4.69) is 0 Å². The van der Waals surface area contributed by atoms with Crippen LogP contribution in [-0.4, -0.2) is 24.0 Å². The average molecular weight is 338 g/mol. The molecule has 0 atom stereocenters. The Bertz CT molecular complexity index is 938. The van der Waals surface area contributed by atoms with Gasteiger partial charge in [0.15, 0.2) is 17.1 Å². The molecule has 1 heterocycles. The highest BCUT2D eigenvalue weighted by Gasteiger charge is 2.22. The van der Waals surface area contributed by atoms with Crippen LogP contribution in [0, 0.1) is 0 Å². The first-order valence-corrected chi connectivity index (χ1v) is 7.99. The van der Waals surface area contributed by atoms with Crippen LogP contribution < -0.4 is 4.74 Å². The van der Waals surface area contributed by atoms with Gasteiger partial charge in [-0.25, -0.2) is 0 Å². The molecule has 0 radical (unpaired) electrons. The third kappa shape index (κ3) is 3.13. The minimum Gasteiger partial charge on any atom is -0.493 e. The van der Waals surface area contributed by atoms with Crippen LogP contribution in [0.15, 0.2) is 46.9 Å². The Hall–Kier alpha value is -3.08. The lowest BCUT2D eigenvalue weighted by molar-refractivity contribution is -0.136. The molecule has 0 bridgehead atoms. The number of carboxylic acid groups (broad SMARTS) is 1. The van der Waals surface area contributed by atoms with E-state index >= 15 is 0 Å². The zero-order chi connectivity index (χ0) is 18.0. The van der Waals surface area contributed by atoms with Crippen molar-refractivity contribution in [1.82, 2.24) is 0 Å². The summed E-state index contributed by atoms with van der Waals surface area (Å²) < 4.78 is 11.4. The Morgan fingerprint density at radius 1 is 1.16 bits per heavy atom. The van der Waals surface area contributed by atoms with Gasteiger partial charge in [0.05, 0.1) is 13.5 Å². The first-order valence-electron chi connectivity index (χ1n) is 7.99. The Labute approximate surface area is 144 Å². The molecular weight excluding hydrogens is 320 g/mol. The summed E-state index contributed by atoms with van der Waals surface area (Å²) in [5.74, 6) is -0.101. The van der Waals surface area contributed by atoms with E-state index in [9.17, 15) is 14.7 Å².